The zero-order valence-electron chi connectivity index (χ0n) is 7.74. The van der Waals surface area contributed by atoms with Crippen LogP contribution in [0.25, 0.3) is 0 Å². The maximum atomic E-state index is 11.5. The predicted molar refractivity (Wildman–Crippen MR) is 48.2 cm³/mol. The largest absolute Gasteiger partial charge is 0.323 e. The minimum absolute atomic E-state index is 0.317. The predicted octanol–water partition coefficient (Wildman–Crippen LogP) is -0.242. The highest BCUT2D eigenvalue weighted by Gasteiger charge is 2.42. The minimum Gasteiger partial charge on any atom is -0.323 e. The third kappa shape index (κ3) is 1.62. The van der Waals surface area contributed by atoms with Crippen LogP contribution in [0.5, 0.6) is 0 Å². The summed E-state index contributed by atoms with van der Waals surface area (Å²) in [6.07, 6.45) is 0. The Bertz CT molecular complexity index is 261. The maximum Gasteiger partial charge on any atom is 0.216 e. The Labute approximate surface area is 73.8 Å². The van der Waals surface area contributed by atoms with E-state index >= 15 is 0 Å². The van der Waals surface area contributed by atoms with Gasteiger partial charge in [-0.25, -0.2) is 8.42 Å². The summed E-state index contributed by atoms with van der Waals surface area (Å²) in [7, 11) is -3.06. The van der Waals surface area contributed by atoms with Crippen molar-refractivity contribution >= 4 is 10.0 Å². The third-order valence-corrected chi connectivity index (χ3v) is 4.20. The Morgan fingerprint density at radius 2 is 1.83 bits per heavy atom. The summed E-state index contributed by atoms with van der Waals surface area (Å²) in [4.78, 5) is 0. The van der Waals surface area contributed by atoms with Crippen LogP contribution in [0.15, 0.2) is 0 Å². The molecule has 12 heavy (non-hydrogen) atoms. The van der Waals surface area contributed by atoms with Gasteiger partial charge >= 0.3 is 0 Å². The Balaban J connectivity index is 2.65. The van der Waals surface area contributed by atoms with Gasteiger partial charge in [0.15, 0.2) is 0 Å². The summed E-state index contributed by atoms with van der Waals surface area (Å²) in [5.74, 6) is 0. The van der Waals surface area contributed by atoms with E-state index in [0.29, 0.717) is 13.1 Å². The van der Waals surface area contributed by atoms with Crippen molar-refractivity contribution in [1.82, 2.24) is 4.31 Å². The molecule has 0 amide bonds. The molecule has 0 radical (unpaired) electrons. The molecule has 0 aromatic heterocycles. The Hall–Kier alpha value is -0.130. The van der Waals surface area contributed by atoms with E-state index < -0.39 is 10.0 Å². The lowest BCUT2D eigenvalue weighted by Gasteiger charge is -2.44. The monoisotopic (exact) mass is 192 g/mol. The number of nitrogens with zero attached hydrogens (tertiary/aromatic N) is 1. The molecule has 1 aliphatic rings. The fourth-order valence-corrected chi connectivity index (χ4v) is 2.78. The molecule has 1 rings (SSSR count). The topological polar surface area (TPSA) is 63.4 Å². The molecule has 0 aromatic carbocycles. The molecule has 72 valence electrons. The fourth-order valence-electron chi connectivity index (χ4n) is 1.24. The van der Waals surface area contributed by atoms with Gasteiger partial charge in [0.05, 0.1) is 5.25 Å². The first-order valence-corrected chi connectivity index (χ1v) is 5.54. The number of nitrogens with two attached hydrogens (primary N) is 1. The van der Waals surface area contributed by atoms with Gasteiger partial charge in [-0.3, -0.25) is 0 Å². The molecule has 0 spiro atoms. The first-order valence-electron chi connectivity index (χ1n) is 4.03. The van der Waals surface area contributed by atoms with Crippen LogP contribution in [0.2, 0.25) is 0 Å². The molecule has 0 bridgehead atoms. The molecule has 1 aliphatic heterocycles. The van der Waals surface area contributed by atoms with Crippen molar-refractivity contribution in [3.63, 3.8) is 0 Å². The molecule has 0 saturated carbocycles. The van der Waals surface area contributed by atoms with Gasteiger partial charge in [-0.1, -0.05) is 0 Å². The van der Waals surface area contributed by atoms with Crippen LogP contribution in [-0.4, -0.2) is 36.6 Å². The maximum absolute atomic E-state index is 11.5. The van der Waals surface area contributed by atoms with Crippen molar-refractivity contribution in [3.8, 4) is 0 Å². The van der Waals surface area contributed by atoms with Crippen LogP contribution in [0.1, 0.15) is 20.8 Å². The third-order valence-electron chi connectivity index (χ3n) is 2.03. The summed E-state index contributed by atoms with van der Waals surface area (Å²) in [6, 6.07) is 0. The van der Waals surface area contributed by atoms with Crippen molar-refractivity contribution in [2.24, 2.45) is 5.73 Å². The van der Waals surface area contributed by atoms with E-state index in [4.69, 9.17) is 5.73 Å². The van der Waals surface area contributed by atoms with Gasteiger partial charge in [0.1, 0.15) is 0 Å². The van der Waals surface area contributed by atoms with Crippen molar-refractivity contribution < 1.29 is 8.42 Å². The lowest BCUT2D eigenvalue weighted by molar-refractivity contribution is 0.175. The van der Waals surface area contributed by atoms with Gasteiger partial charge in [0, 0.05) is 18.6 Å². The second kappa shape index (κ2) is 2.68. The highest BCUT2D eigenvalue weighted by Crippen LogP contribution is 2.23. The molecule has 5 heteroatoms. The van der Waals surface area contributed by atoms with Gasteiger partial charge < -0.3 is 5.73 Å². The summed E-state index contributed by atoms with van der Waals surface area (Å²) in [5, 5.41) is -0.339. The Morgan fingerprint density at radius 3 is 2.08 bits per heavy atom. The average molecular weight is 192 g/mol. The van der Waals surface area contributed by atoms with E-state index in [9.17, 15) is 8.42 Å². The normalized spacial score (nSPS) is 24.1. The average Bonchev–Trinajstić information content (AvgIpc) is 1.82. The quantitative estimate of drug-likeness (QED) is 0.656. The number of rotatable bonds is 2. The molecule has 1 saturated heterocycles. The van der Waals surface area contributed by atoms with Crippen LogP contribution in [-0.2, 0) is 10.0 Å². The molecule has 0 aliphatic carbocycles. The Kier molecular flexibility index (Phi) is 2.22. The van der Waals surface area contributed by atoms with Crippen LogP contribution in [0, 0.1) is 0 Å². The zero-order valence-corrected chi connectivity index (χ0v) is 8.56. The van der Waals surface area contributed by atoms with Gasteiger partial charge in [-0.2, -0.15) is 4.31 Å². The van der Waals surface area contributed by atoms with E-state index in [0.717, 1.165) is 0 Å². The Morgan fingerprint density at radius 1 is 1.42 bits per heavy atom. The lowest BCUT2D eigenvalue weighted by Crippen LogP contribution is -2.67. The smallest absolute Gasteiger partial charge is 0.216 e. The molecule has 1 heterocycles. The fraction of sp³-hybridized carbons (Fsp3) is 1.00. The van der Waals surface area contributed by atoms with Crippen LogP contribution < -0.4 is 5.73 Å². The summed E-state index contributed by atoms with van der Waals surface area (Å²) < 4.78 is 24.4. The summed E-state index contributed by atoms with van der Waals surface area (Å²) in [5.41, 5.74) is 5.39. The van der Waals surface area contributed by atoms with Crippen molar-refractivity contribution in [3.05, 3.63) is 0 Å². The van der Waals surface area contributed by atoms with E-state index in [1.54, 1.807) is 13.8 Å². The minimum atomic E-state index is -3.06. The molecular formula is C7H16N2O2S. The second-order valence-corrected chi connectivity index (χ2v) is 6.50. The van der Waals surface area contributed by atoms with Crippen LogP contribution >= 0.6 is 0 Å². The van der Waals surface area contributed by atoms with Crippen molar-refractivity contribution in [1.29, 1.82) is 0 Å². The standard InChI is InChI=1S/C7H16N2O2S/c1-6(2)12(10,11)9-4-7(3,8)5-9/h6H,4-5,8H2,1-3H3. The summed E-state index contributed by atoms with van der Waals surface area (Å²) in [6.45, 7) is 6.13. The molecule has 0 atom stereocenters. The number of hydrogen-bond acceptors (Lipinski definition) is 3. The molecule has 4 nitrogen and oxygen atoms in total. The van der Waals surface area contributed by atoms with Gasteiger partial charge in [-0.05, 0) is 20.8 Å². The molecule has 1 fully saturated rings. The molecule has 2 N–H and O–H groups in total. The number of hydrogen-bond donors (Lipinski definition) is 1. The zero-order chi connectivity index (χ0) is 9.57. The van der Waals surface area contributed by atoms with Gasteiger partial charge in [0.2, 0.25) is 10.0 Å². The molecular weight excluding hydrogens is 176 g/mol. The number of sulfonamides is 1. The highest BCUT2D eigenvalue weighted by atomic mass is 32.2. The van der Waals surface area contributed by atoms with Crippen molar-refractivity contribution in [2.45, 2.75) is 31.6 Å². The van der Waals surface area contributed by atoms with E-state index in [1.807, 2.05) is 6.92 Å². The van der Waals surface area contributed by atoms with Gasteiger partial charge in [-0.15, -0.1) is 0 Å². The second-order valence-electron chi connectivity index (χ2n) is 4.02. The SMILES string of the molecule is CC(C)S(=O)(=O)N1CC(C)(N)C1. The van der Waals surface area contributed by atoms with E-state index in [-0.39, 0.29) is 10.8 Å². The van der Waals surface area contributed by atoms with Crippen LogP contribution in [0.4, 0.5) is 0 Å². The molecule has 0 unspecified atom stereocenters. The van der Waals surface area contributed by atoms with Gasteiger partial charge in [0.25, 0.3) is 0 Å². The highest BCUT2D eigenvalue weighted by molar-refractivity contribution is 7.89. The summed E-state index contributed by atoms with van der Waals surface area (Å²) >= 11 is 0. The first-order chi connectivity index (χ1) is 5.26. The van der Waals surface area contributed by atoms with Crippen LogP contribution in [0.3, 0.4) is 0 Å². The van der Waals surface area contributed by atoms with E-state index in [2.05, 4.69) is 0 Å². The first kappa shape index (κ1) is 9.95. The van der Waals surface area contributed by atoms with E-state index in [1.165, 1.54) is 4.31 Å². The van der Waals surface area contributed by atoms with Crippen molar-refractivity contribution in [2.75, 3.05) is 13.1 Å². The lowest BCUT2D eigenvalue weighted by atomic mass is 9.97. The molecule has 0 aromatic rings.